The molecule has 1 amide bonds. The maximum Gasteiger partial charge on any atom is 0.248 e. The van der Waals surface area contributed by atoms with Gasteiger partial charge < -0.3 is 14.8 Å². The molecule has 0 unspecified atom stereocenters. The number of aromatic nitrogens is 2. The van der Waals surface area contributed by atoms with E-state index < -0.39 is 0 Å². The van der Waals surface area contributed by atoms with Crippen LogP contribution < -0.4 is 14.8 Å². The van der Waals surface area contributed by atoms with Crippen LogP contribution in [-0.2, 0) is 11.8 Å². The van der Waals surface area contributed by atoms with Crippen LogP contribution in [0.1, 0.15) is 5.56 Å². The van der Waals surface area contributed by atoms with Crippen molar-refractivity contribution in [2.45, 2.75) is 0 Å². The maximum absolute atomic E-state index is 11.8. The topological polar surface area (TPSA) is 65.4 Å². The van der Waals surface area contributed by atoms with Crippen LogP contribution in [-0.4, -0.2) is 22.5 Å². The van der Waals surface area contributed by atoms with Crippen LogP contribution in [0.4, 0.5) is 5.69 Å². The van der Waals surface area contributed by atoms with E-state index >= 15 is 0 Å². The molecule has 1 N–H and O–H groups in total. The quantitative estimate of drug-likeness (QED) is 0.864. The van der Waals surface area contributed by atoms with Gasteiger partial charge in [-0.25, -0.2) is 0 Å². The van der Waals surface area contributed by atoms with Crippen molar-refractivity contribution in [1.82, 2.24) is 9.78 Å². The molecule has 3 rings (SSSR count). The van der Waals surface area contributed by atoms with E-state index in [4.69, 9.17) is 9.47 Å². The number of hydrogen-bond donors (Lipinski definition) is 1. The van der Waals surface area contributed by atoms with Crippen LogP contribution in [0, 0.1) is 0 Å². The second kappa shape index (κ2) is 5.08. The second-order valence-electron chi connectivity index (χ2n) is 4.34. The first-order valence-corrected chi connectivity index (χ1v) is 6.08. The summed E-state index contributed by atoms with van der Waals surface area (Å²) in [5, 5.41) is 6.78. The predicted octanol–water partition coefficient (Wildman–Crippen LogP) is 1.80. The van der Waals surface area contributed by atoms with Crippen molar-refractivity contribution in [2.75, 3.05) is 12.1 Å². The monoisotopic (exact) mass is 271 g/mol. The Bertz CT molecular complexity index is 676. The van der Waals surface area contributed by atoms with Crippen molar-refractivity contribution in [3.63, 3.8) is 0 Å². The van der Waals surface area contributed by atoms with Crippen molar-refractivity contribution in [3.05, 3.63) is 42.2 Å². The van der Waals surface area contributed by atoms with Crippen LogP contribution in [0.2, 0.25) is 0 Å². The number of aryl methyl sites for hydroxylation is 1. The third kappa shape index (κ3) is 2.64. The Morgan fingerprint density at radius 3 is 3.05 bits per heavy atom. The van der Waals surface area contributed by atoms with Crippen LogP contribution in [0.3, 0.4) is 0 Å². The van der Waals surface area contributed by atoms with Crippen molar-refractivity contribution in [1.29, 1.82) is 0 Å². The lowest BCUT2D eigenvalue weighted by atomic mass is 10.2. The molecule has 1 aliphatic rings. The molecule has 0 fully saturated rings. The van der Waals surface area contributed by atoms with Crippen molar-refractivity contribution < 1.29 is 14.3 Å². The molecule has 6 nitrogen and oxygen atoms in total. The molecular weight excluding hydrogens is 258 g/mol. The zero-order valence-electron chi connectivity index (χ0n) is 10.9. The number of nitrogens with one attached hydrogen (secondary N) is 1. The molecule has 1 aromatic carbocycles. The first-order chi connectivity index (χ1) is 9.70. The number of anilines is 1. The minimum Gasteiger partial charge on any atom is -0.454 e. The normalized spacial score (nSPS) is 12.8. The third-order valence-corrected chi connectivity index (χ3v) is 2.79. The molecule has 0 saturated heterocycles. The van der Waals surface area contributed by atoms with Crippen molar-refractivity contribution in [2.24, 2.45) is 7.05 Å². The Morgan fingerprint density at radius 2 is 2.25 bits per heavy atom. The SMILES string of the molecule is Cn1cc(/C=C/C(=O)Nc2ccc3c(c2)OCO3)cn1. The van der Waals surface area contributed by atoms with E-state index in [-0.39, 0.29) is 12.7 Å². The molecule has 0 spiro atoms. The van der Waals surface area contributed by atoms with Gasteiger partial charge >= 0.3 is 0 Å². The molecule has 0 radical (unpaired) electrons. The Hall–Kier alpha value is -2.76. The number of benzene rings is 1. The van der Waals surface area contributed by atoms with Crippen molar-refractivity contribution >= 4 is 17.7 Å². The lowest BCUT2D eigenvalue weighted by Gasteiger charge is -2.03. The van der Waals surface area contributed by atoms with E-state index in [1.54, 1.807) is 35.2 Å². The second-order valence-corrected chi connectivity index (χ2v) is 4.34. The van der Waals surface area contributed by atoms with E-state index in [0.717, 1.165) is 5.56 Å². The number of nitrogens with zero attached hydrogens (tertiary/aromatic N) is 2. The van der Waals surface area contributed by atoms with E-state index in [1.807, 2.05) is 13.2 Å². The number of rotatable bonds is 3. The molecule has 2 heterocycles. The highest BCUT2D eigenvalue weighted by molar-refractivity contribution is 6.02. The fraction of sp³-hybridized carbons (Fsp3) is 0.143. The summed E-state index contributed by atoms with van der Waals surface area (Å²) in [4.78, 5) is 11.8. The van der Waals surface area contributed by atoms with E-state index in [2.05, 4.69) is 10.4 Å². The van der Waals surface area contributed by atoms with Crippen LogP contribution >= 0.6 is 0 Å². The minimum atomic E-state index is -0.215. The summed E-state index contributed by atoms with van der Waals surface area (Å²) in [7, 11) is 1.82. The van der Waals surface area contributed by atoms with Crippen LogP contribution in [0.15, 0.2) is 36.7 Å². The largest absolute Gasteiger partial charge is 0.454 e. The Kier molecular flexibility index (Phi) is 3.12. The summed E-state index contributed by atoms with van der Waals surface area (Å²) < 4.78 is 12.1. The van der Waals surface area contributed by atoms with Gasteiger partial charge in [0, 0.05) is 36.6 Å². The summed E-state index contributed by atoms with van der Waals surface area (Å²) in [5.41, 5.74) is 1.53. The highest BCUT2D eigenvalue weighted by Crippen LogP contribution is 2.34. The van der Waals surface area contributed by atoms with Gasteiger partial charge in [-0.2, -0.15) is 5.10 Å². The number of carbonyl (C=O) groups is 1. The van der Waals surface area contributed by atoms with E-state index in [9.17, 15) is 4.79 Å². The van der Waals surface area contributed by atoms with Crippen LogP contribution in [0.5, 0.6) is 11.5 Å². The maximum atomic E-state index is 11.8. The Labute approximate surface area is 115 Å². The fourth-order valence-electron chi connectivity index (χ4n) is 1.86. The smallest absolute Gasteiger partial charge is 0.248 e. The molecule has 6 heteroatoms. The van der Waals surface area contributed by atoms with Gasteiger partial charge in [-0.3, -0.25) is 9.48 Å². The third-order valence-electron chi connectivity index (χ3n) is 2.79. The molecule has 2 aromatic rings. The van der Waals surface area contributed by atoms with Gasteiger partial charge in [0.1, 0.15) is 0 Å². The summed E-state index contributed by atoms with van der Waals surface area (Å²) >= 11 is 0. The predicted molar refractivity (Wildman–Crippen MR) is 73.4 cm³/mol. The molecule has 0 atom stereocenters. The molecule has 0 saturated carbocycles. The Morgan fingerprint density at radius 1 is 1.40 bits per heavy atom. The summed E-state index contributed by atoms with van der Waals surface area (Å²) in [6.07, 6.45) is 6.67. The van der Waals surface area contributed by atoms with Crippen LogP contribution in [0.25, 0.3) is 6.08 Å². The first kappa shape index (κ1) is 12.3. The number of ether oxygens (including phenoxy) is 2. The number of carbonyl (C=O) groups excluding carboxylic acids is 1. The minimum absolute atomic E-state index is 0.215. The van der Waals surface area contributed by atoms with Gasteiger partial charge in [-0.1, -0.05) is 0 Å². The van der Waals surface area contributed by atoms with Gasteiger partial charge in [-0.15, -0.1) is 0 Å². The molecule has 0 bridgehead atoms. The molecule has 102 valence electrons. The standard InChI is InChI=1S/C14H13N3O3/c1-17-8-10(7-15-17)2-5-14(18)16-11-3-4-12-13(6-11)20-9-19-12/h2-8H,9H2,1H3,(H,16,18)/b5-2+. The zero-order valence-corrected chi connectivity index (χ0v) is 10.9. The summed E-state index contributed by atoms with van der Waals surface area (Å²) in [6.45, 7) is 0.216. The number of amides is 1. The zero-order chi connectivity index (χ0) is 13.9. The first-order valence-electron chi connectivity index (χ1n) is 6.08. The Balaban J connectivity index is 1.65. The van der Waals surface area contributed by atoms with Gasteiger partial charge in [0.25, 0.3) is 0 Å². The number of fused-ring (bicyclic) bond motifs is 1. The molecule has 1 aromatic heterocycles. The summed E-state index contributed by atoms with van der Waals surface area (Å²) in [6, 6.07) is 5.27. The van der Waals surface area contributed by atoms with Gasteiger partial charge in [0.05, 0.1) is 6.20 Å². The molecular formula is C14H13N3O3. The lowest BCUT2D eigenvalue weighted by Crippen LogP contribution is -2.07. The van der Waals surface area contributed by atoms with Gasteiger partial charge in [0.15, 0.2) is 11.5 Å². The highest BCUT2D eigenvalue weighted by Gasteiger charge is 2.13. The lowest BCUT2D eigenvalue weighted by molar-refractivity contribution is -0.111. The van der Waals surface area contributed by atoms with E-state index in [1.165, 1.54) is 6.08 Å². The highest BCUT2D eigenvalue weighted by atomic mass is 16.7. The average molecular weight is 271 g/mol. The number of hydrogen-bond acceptors (Lipinski definition) is 4. The van der Waals surface area contributed by atoms with Crippen molar-refractivity contribution in [3.8, 4) is 11.5 Å². The van der Waals surface area contributed by atoms with Gasteiger partial charge in [0.2, 0.25) is 12.7 Å². The summed E-state index contributed by atoms with van der Waals surface area (Å²) in [5.74, 6) is 1.11. The molecule has 1 aliphatic heterocycles. The fourth-order valence-corrected chi connectivity index (χ4v) is 1.86. The molecule has 20 heavy (non-hydrogen) atoms. The average Bonchev–Trinajstić information content (AvgIpc) is 3.04. The van der Waals surface area contributed by atoms with E-state index in [0.29, 0.717) is 17.2 Å². The van der Waals surface area contributed by atoms with Gasteiger partial charge in [-0.05, 0) is 18.2 Å². The molecule has 0 aliphatic carbocycles.